The van der Waals surface area contributed by atoms with Crippen LogP contribution in [0, 0.1) is 11.8 Å². The molecular weight excluding hydrogens is 220 g/mol. The minimum atomic E-state index is 0.266. The van der Waals surface area contributed by atoms with Gasteiger partial charge in [-0.05, 0) is 48.8 Å². The molecule has 1 aromatic carbocycles. The van der Waals surface area contributed by atoms with Crippen molar-refractivity contribution in [3.8, 4) is 0 Å². The molecule has 0 spiro atoms. The lowest BCUT2D eigenvalue weighted by Crippen LogP contribution is -2.17. The molecule has 1 aromatic rings. The van der Waals surface area contributed by atoms with Gasteiger partial charge in [0.1, 0.15) is 0 Å². The normalized spacial score (nSPS) is 23.3. The van der Waals surface area contributed by atoms with E-state index in [-0.39, 0.29) is 5.92 Å². The maximum atomic E-state index is 12.5. The summed E-state index contributed by atoms with van der Waals surface area (Å²) < 4.78 is 0. The van der Waals surface area contributed by atoms with Gasteiger partial charge in [0.2, 0.25) is 0 Å². The van der Waals surface area contributed by atoms with Crippen molar-refractivity contribution >= 4 is 5.78 Å². The molecule has 98 valence electrons. The fraction of sp³-hybridized carbons (Fsp3) is 0.588. The molecule has 0 aliphatic heterocycles. The molecule has 0 radical (unpaired) electrons. The molecule has 2 atom stereocenters. The summed E-state index contributed by atoms with van der Waals surface area (Å²) in [5, 5.41) is 0. The van der Waals surface area contributed by atoms with Crippen molar-refractivity contribution < 1.29 is 4.79 Å². The maximum absolute atomic E-state index is 12.5. The Labute approximate surface area is 111 Å². The van der Waals surface area contributed by atoms with Gasteiger partial charge in [-0.1, -0.05) is 39.3 Å². The third-order valence-corrected chi connectivity index (χ3v) is 4.45. The zero-order chi connectivity index (χ0) is 13.1. The number of carbonyl (C=O) groups excluding carboxylic acids is 1. The summed E-state index contributed by atoms with van der Waals surface area (Å²) in [4.78, 5) is 12.5. The van der Waals surface area contributed by atoms with Crippen LogP contribution in [-0.4, -0.2) is 5.78 Å². The Balaban J connectivity index is 2.25. The molecule has 1 nitrogen and oxygen atoms in total. The molecule has 0 amide bonds. The van der Waals surface area contributed by atoms with Gasteiger partial charge in [0.05, 0.1) is 0 Å². The van der Waals surface area contributed by atoms with Crippen LogP contribution in [-0.2, 0) is 12.8 Å². The second kappa shape index (κ2) is 5.69. The molecule has 1 heteroatoms. The van der Waals surface area contributed by atoms with Crippen molar-refractivity contribution in [1.29, 1.82) is 0 Å². The highest BCUT2D eigenvalue weighted by Gasteiger charge is 2.30. The molecule has 0 bridgehead atoms. The van der Waals surface area contributed by atoms with Crippen LogP contribution in [0.25, 0.3) is 0 Å². The second-order valence-electron chi connectivity index (χ2n) is 5.57. The summed E-state index contributed by atoms with van der Waals surface area (Å²) in [5.74, 6) is 1.20. The van der Waals surface area contributed by atoms with E-state index in [0.717, 1.165) is 24.8 Å². The fourth-order valence-electron chi connectivity index (χ4n) is 3.20. The number of ketones is 1. The molecule has 1 saturated carbocycles. The molecule has 1 aliphatic carbocycles. The number of hydrogen-bond acceptors (Lipinski definition) is 1. The lowest BCUT2D eigenvalue weighted by atomic mass is 9.88. The molecule has 0 N–H and O–H groups in total. The van der Waals surface area contributed by atoms with Gasteiger partial charge in [-0.2, -0.15) is 0 Å². The summed E-state index contributed by atoms with van der Waals surface area (Å²) >= 11 is 0. The molecule has 2 rings (SSSR count). The summed E-state index contributed by atoms with van der Waals surface area (Å²) in [5.41, 5.74) is 3.66. The molecule has 18 heavy (non-hydrogen) atoms. The first kappa shape index (κ1) is 13.3. The van der Waals surface area contributed by atoms with E-state index in [1.165, 1.54) is 24.0 Å². The SMILES string of the molecule is CCc1ccc(C(=O)C2CCCC2C)cc1CC. The maximum Gasteiger partial charge on any atom is 0.166 e. The first-order chi connectivity index (χ1) is 8.67. The van der Waals surface area contributed by atoms with Crippen LogP contribution in [0.15, 0.2) is 18.2 Å². The Morgan fingerprint density at radius 3 is 2.44 bits per heavy atom. The highest BCUT2D eigenvalue weighted by molar-refractivity contribution is 5.98. The Morgan fingerprint density at radius 2 is 1.89 bits per heavy atom. The molecule has 1 aliphatic rings. The standard InChI is InChI=1S/C17H24O/c1-4-13-9-10-15(11-14(13)5-2)17(18)16-8-6-7-12(16)3/h9-12,16H,4-8H2,1-3H3. The van der Waals surface area contributed by atoms with Crippen LogP contribution < -0.4 is 0 Å². The topological polar surface area (TPSA) is 17.1 Å². The van der Waals surface area contributed by atoms with Gasteiger partial charge in [0, 0.05) is 11.5 Å². The first-order valence-corrected chi connectivity index (χ1v) is 7.33. The third-order valence-electron chi connectivity index (χ3n) is 4.45. The zero-order valence-corrected chi connectivity index (χ0v) is 11.8. The number of Topliss-reactive ketones (excluding diaryl/α,β-unsaturated/α-hetero) is 1. The Morgan fingerprint density at radius 1 is 1.17 bits per heavy atom. The van der Waals surface area contributed by atoms with Crippen molar-refractivity contribution in [3.63, 3.8) is 0 Å². The molecule has 2 unspecified atom stereocenters. The van der Waals surface area contributed by atoms with E-state index in [4.69, 9.17) is 0 Å². The Bertz CT molecular complexity index is 433. The second-order valence-corrected chi connectivity index (χ2v) is 5.57. The van der Waals surface area contributed by atoms with Gasteiger partial charge >= 0.3 is 0 Å². The molecule has 0 aromatic heterocycles. The molecule has 0 saturated heterocycles. The average molecular weight is 244 g/mol. The predicted octanol–water partition coefficient (Wildman–Crippen LogP) is 4.43. The van der Waals surface area contributed by atoms with E-state index in [1.807, 2.05) is 6.07 Å². The summed E-state index contributed by atoms with van der Waals surface area (Å²) in [6.45, 7) is 6.56. The van der Waals surface area contributed by atoms with E-state index in [0.29, 0.717) is 11.7 Å². The Kier molecular flexibility index (Phi) is 4.21. The van der Waals surface area contributed by atoms with Crippen LogP contribution in [0.1, 0.15) is 61.5 Å². The Hall–Kier alpha value is -1.11. The van der Waals surface area contributed by atoms with Gasteiger partial charge in [-0.3, -0.25) is 4.79 Å². The van der Waals surface area contributed by atoms with Crippen LogP contribution >= 0.6 is 0 Å². The van der Waals surface area contributed by atoms with Gasteiger partial charge < -0.3 is 0 Å². The summed E-state index contributed by atoms with van der Waals surface area (Å²) in [6.07, 6.45) is 5.58. The highest BCUT2D eigenvalue weighted by Crippen LogP contribution is 2.34. The van der Waals surface area contributed by atoms with Gasteiger partial charge in [0.15, 0.2) is 5.78 Å². The van der Waals surface area contributed by atoms with Crippen LogP contribution in [0.2, 0.25) is 0 Å². The molecular formula is C17H24O. The number of carbonyl (C=O) groups is 1. The van der Waals surface area contributed by atoms with Crippen LogP contribution in [0.4, 0.5) is 0 Å². The van der Waals surface area contributed by atoms with Crippen molar-refractivity contribution in [2.45, 2.75) is 52.9 Å². The smallest absolute Gasteiger partial charge is 0.166 e. The lowest BCUT2D eigenvalue weighted by Gasteiger charge is -2.15. The molecule has 1 fully saturated rings. The van der Waals surface area contributed by atoms with Crippen molar-refractivity contribution in [2.24, 2.45) is 11.8 Å². The predicted molar refractivity (Wildman–Crippen MR) is 76.0 cm³/mol. The van der Waals surface area contributed by atoms with E-state index in [9.17, 15) is 4.79 Å². The quantitative estimate of drug-likeness (QED) is 0.716. The summed E-state index contributed by atoms with van der Waals surface area (Å²) in [7, 11) is 0. The van der Waals surface area contributed by atoms with Crippen LogP contribution in [0.3, 0.4) is 0 Å². The van der Waals surface area contributed by atoms with Gasteiger partial charge in [-0.15, -0.1) is 0 Å². The largest absolute Gasteiger partial charge is 0.294 e. The van der Waals surface area contributed by atoms with Crippen LogP contribution in [0.5, 0.6) is 0 Å². The molecule has 0 heterocycles. The number of rotatable bonds is 4. The van der Waals surface area contributed by atoms with E-state index >= 15 is 0 Å². The number of hydrogen-bond donors (Lipinski definition) is 0. The van der Waals surface area contributed by atoms with Gasteiger partial charge in [0.25, 0.3) is 0 Å². The zero-order valence-electron chi connectivity index (χ0n) is 11.8. The first-order valence-electron chi connectivity index (χ1n) is 7.33. The minimum Gasteiger partial charge on any atom is -0.294 e. The van der Waals surface area contributed by atoms with Crippen molar-refractivity contribution in [3.05, 3.63) is 34.9 Å². The minimum absolute atomic E-state index is 0.266. The number of aryl methyl sites for hydroxylation is 2. The third kappa shape index (κ3) is 2.50. The number of benzene rings is 1. The monoisotopic (exact) mass is 244 g/mol. The highest BCUT2D eigenvalue weighted by atomic mass is 16.1. The van der Waals surface area contributed by atoms with E-state index in [1.54, 1.807) is 0 Å². The summed E-state index contributed by atoms with van der Waals surface area (Å²) in [6, 6.07) is 6.31. The lowest BCUT2D eigenvalue weighted by molar-refractivity contribution is 0.0897. The van der Waals surface area contributed by atoms with E-state index in [2.05, 4.69) is 32.9 Å². The van der Waals surface area contributed by atoms with Crippen molar-refractivity contribution in [2.75, 3.05) is 0 Å². The van der Waals surface area contributed by atoms with Crippen molar-refractivity contribution in [1.82, 2.24) is 0 Å². The van der Waals surface area contributed by atoms with E-state index < -0.39 is 0 Å². The fourth-order valence-corrected chi connectivity index (χ4v) is 3.20. The average Bonchev–Trinajstić information content (AvgIpc) is 2.83. The van der Waals surface area contributed by atoms with Gasteiger partial charge in [-0.25, -0.2) is 0 Å².